The molecule has 14 heavy (non-hydrogen) atoms. The lowest BCUT2D eigenvalue weighted by atomic mass is 10.2. The van der Waals surface area contributed by atoms with Crippen LogP contribution in [0.3, 0.4) is 0 Å². The van der Waals surface area contributed by atoms with Crippen molar-refractivity contribution in [2.45, 2.75) is 20.4 Å². The average molecular weight is 196 g/mol. The number of ether oxygens (including phenoxy) is 1. The van der Waals surface area contributed by atoms with Crippen LogP contribution in [0.4, 0.5) is 0 Å². The van der Waals surface area contributed by atoms with E-state index in [1.54, 1.807) is 16.8 Å². The normalized spacial score (nSPS) is 10.8. The summed E-state index contributed by atoms with van der Waals surface area (Å²) >= 11 is 0. The van der Waals surface area contributed by atoms with Gasteiger partial charge >= 0.3 is 5.69 Å². The lowest BCUT2D eigenvalue weighted by Gasteiger charge is -2.07. The SMILES string of the molecule is CC(C)COCCn1cccnc1=O. The second-order valence-corrected chi connectivity index (χ2v) is 3.56. The second kappa shape index (κ2) is 5.54. The van der Waals surface area contributed by atoms with Crippen LogP contribution in [0.5, 0.6) is 0 Å². The summed E-state index contributed by atoms with van der Waals surface area (Å²) in [7, 11) is 0. The molecule has 0 unspecified atom stereocenters. The highest BCUT2D eigenvalue weighted by molar-refractivity contribution is 4.80. The van der Waals surface area contributed by atoms with E-state index >= 15 is 0 Å². The maximum absolute atomic E-state index is 11.1. The van der Waals surface area contributed by atoms with Gasteiger partial charge in [-0.1, -0.05) is 13.8 Å². The summed E-state index contributed by atoms with van der Waals surface area (Å²) < 4.78 is 6.91. The van der Waals surface area contributed by atoms with Crippen molar-refractivity contribution in [3.05, 3.63) is 28.9 Å². The van der Waals surface area contributed by atoms with Crippen LogP contribution in [0.2, 0.25) is 0 Å². The first-order valence-corrected chi connectivity index (χ1v) is 4.79. The number of aromatic nitrogens is 2. The largest absolute Gasteiger partial charge is 0.379 e. The Hall–Kier alpha value is -1.16. The Morgan fingerprint density at radius 1 is 1.57 bits per heavy atom. The van der Waals surface area contributed by atoms with Crippen molar-refractivity contribution in [1.82, 2.24) is 9.55 Å². The van der Waals surface area contributed by atoms with E-state index in [1.807, 2.05) is 0 Å². The van der Waals surface area contributed by atoms with Crippen molar-refractivity contribution in [1.29, 1.82) is 0 Å². The van der Waals surface area contributed by atoms with Gasteiger partial charge in [0, 0.05) is 19.0 Å². The minimum Gasteiger partial charge on any atom is -0.379 e. The molecule has 78 valence electrons. The van der Waals surface area contributed by atoms with Gasteiger partial charge < -0.3 is 4.74 Å². The Morgan fingerprint density at radius 3 is 3.00 bits per heavy atom. The Kier molecular flexibility index (Phi) is 4.32. The minimum absolute atomic E-state index is 0.222. The third kappa shape index (κ3) is 3.70. The quantitative estimate of drug-likeness (QED) is 0.658. The fourth-order valence-electron chi connectivity index (χ4n) is 1.04. The summed E-state index contributed by atoms with van der Waals surface area (Å²) in [4.78, 5) is 14.8. The van der Waals surface area contributed by atoms with Crippen molar-refractivity contribution in [2.75, 3.05) is 13.2 Å². The Bertz CT molecular complexity index is 320. The van der Waals surface area contributed by atoms with Crippen molar-refractivity contribution in [3.8, 4) is 0 Å². The van der Waals surface area contributed by atoms with E-state index in [0.29, 0.717) is 19.1 Å². The first kappa shape index (κ1) is 10.9. The zero-order chi connectivity index (χ0) is 10.4. The predicted octanol–water partition coefficient (Wildman–Crippen LogP) is 0.916. The van der Waals surface area contributed by atoms with Gasteiger partial charge in [0.05, 0.1) is 13.2 Å². The van der Waals surface area contributed by atoms with Crippen LogP contribution < -0.4 is 5.69 Å². The van der Waals surface area contributed by atoms with Gasteiger partial charge in [-0.25, -0.2) is 9.78 Å². The molecule has 1 aromatic heterocycles. The lowest BCUT2D eigenvalue weighted by Crippen LogP contribution is -2.23. The molecule has 0 aliphatic rings. The molecule has 0 fully saturated rings. The second-order valence-electron chi connectivity index (χ2n) is 3.56. The zero-order valence-corrected chi connectivity index (χ0v) is 8.64. The van der Waals surface area contributed by atoms with Crippen LogP contribution in [0.25, 0.3) is 0 Å². The topological polar surface area (TPSA) is 44.1 Å². The minimum atomic E-state index is -0.222. The van der Waals surface area contributed by atoms with E-state index in [1.165, 1.54) is 6.20 Å². The van der Waals surface area contributed by atoms with Gasteiger partial charge in [-0.05, 0) is 12.0 Å². The molecule has 4 heteroatoms. The van der Waals surface area contributed by atoms with Crippen molar-refractivity contribution in [2.24, 2.45) is 5.92 Å². The summed E-state index contributed by atoms with van der Waals surface area (Å²) in [6.45, 7) is 6.05. The molecule has 0 bridgehead atoms. The lowest BCUT2D eigenvalue weighted by molar-refractivity contribution is 0.102. The van der Waals surface area contributed by atoms with E-state index in [0.717, 1.165) is 6.61 Å². The highest BCUT2D eigenvalue weighted by Gasteiger charge is 1.96. The van der Waals surface area contributed by atoms with Crippen LogP contribution in [0.1, 0.15) is 13.8 Å². The molecule has 0 N–H and O–H groups in total. The van der Waals surface area contributed by atoms with Gasteiger partial charge in [-0.3, -0.25) is 4.57 Å². The Labute approximate surface area is 83.5 Å². The van der Waals surface area contributed by atoms with E-state index in [9.17, 15) is 4.79 Å². The molecule has 0 aromatic carbocycles. The van der Waals surface area contributed by atoms with E-state index in [2.05, 4.69) is 18.8 Å². The molecular weight excluding hydrogens is 180 g/mol. The van der Waals surface area contributed by atoms with Gasteiger partial charge in [0.2, 0.25) is 0 Å². The third-order valence-corrected chi connectivity index (χ3v) is 1.71. The van der Waals surface area contributed by atoms with Crippen molar-refractivity contribution >= 4 is 0 Å². The van der Waals surface area contributed by atoms with Crippen LogP contribution in [-0.2, 0) is 11.3 Å². The van der Waals surface area contributed by atoms with Gasteiger partial charge in [-0.15, -0.1) is 0 Å². The molecule has 4 nitrogen and oxygen atoms in total. The number of nitrogens with zero attached hydrogens (tertiary/aromatic N) is 2. The van der Waals surface area contributed by atoms with Crippen LogP contribution in [0, 0.1) is 5.92 Å². The summed E-state index contributed by atoms with van der Waals surface area (Å²) in [5.41, 5.74) is -0.222. The molecule has 0 aliphatic carbocycles. The van der Waals surface area contributed by atoms with Crippen LogP contribution >= 0.6 is 0 Å². The van der Waals surface area contributed by atoms with Crippen LogP contribution in [0.15, 0.2) is 23.3 Å². The first-order chi connectivity index (χ1) is 6.70. The summed E-state index contributed by atoms with van der Waals surface area (Å²) in [6, 6.07) is 1.74. The predicted molar refractivity (Wildman–Crippen MR) is 54.2 cm³/mol. The standard InChI is InChI=1S/C10H16N2O2/c1-9(2)8-14-7-6-12-5-3-4-11-10(12)13/h3-5,9H,6-8H2,1-2H3. The molecule has 0 amide bonds. The van der Waals surface area contributed by atoms with E-state index in [4.69, 9.17) is 4.74 Å². The van der Waals surface area contributed by atoms with Crippen LogP contribution in [-0.4, -0.2) is 22.8 Å². The first-order valence-electron chi connectivity index (χ1n) is 4.79. The molecular formula is C10H16N2O2. The Balaban J connectivity index is 2.32. The number of hydrogen-bond donors (Lipinski definition) is 0. The number of rotatable bonds is 5. The highest BCUT2D eigenvalue weighted by atomic mass is 16.5. The molecule has 0 saturated carbocycles. The molecule has 0 spiro atoms. The van der Waals surface area contributed by atoms with E-state index in [-0.39, 0.29) is 5.69 Å². The smallest absolute Gasteiger partial charge is 0.347 e. The van der Waals surface area contributed by atoms with Gasteiger partial charge in [0.25, 0.3) is 0 Å². The monoisotopic (exact) mass is 196 g/mol. The molecule has 0 saturated heterocycles. The summed E-state index contributed by atoms with van der Waals surface area (Å²) in [5.74, 6) is 0.528. The zero-order valence-electron chi connectivity index (χ0n) is 8.64. The molecule has 0 radical (unpaired) electrons. The summed E-state index contributed by atoms with van der Waals surface area (Å²) in [5, 5.41) is 0. The fourth-order valence-corrected chi connectivity index (χ4v) is 1.04. The highest BCUT2D eigenvalue weighted by Crippen LogP contribution is 1.92. The van der Waals surface area contributed by atoms with E-state index < -0.39 is 0 Å². The van der Waals surface area contributed by atoms with Gasteiger partial charge in [0.1, 0.15) is 0 Å². The van der Waals surface area contributed by atoms with Crippen molar-refractivity contribution < 1.29 is 4.74 Å². The van der Waals surface area contributed by atoms with Gasteiger partial charge in [-0.2, -0.15) is 0 Å². The van der Waals surface area contributed by atoms with Crippen molar-refractivity contribution in [3.63, 3.8) is 0 Å². The maximum atomic E-state index is 11.1. The fraction of sp³-hybridized carbons (Fsp3) is 0.600. The molecule has 0 atom stereocenters. The average Bonchev–Trinajstić information content (AvgIpc) is 2.15. The third-order valence-electron chi connectivity index (χ3n) is 1.71. The maximum Gasteiger partial charge on any atom is 0.347 e. The molecule has 1 heterocycles. The molecule has 1 aromatic rings. The molecule has 1 rings (SSSR count). The molecule has 0 aliphatic heterocycles. The number of hydrogen-bond acceptors (Lipinski definition) is 3. The Morgan fingerprint density at radius 2 is 2.36 bits per heavy atom. The summed E-state index contributed by atoms with van der Waals surface area (Å²) in [6.07, 6.45) is 3.21. The van der Waals surface area contributed by atoms with Gasteiger partial charge in [0.15, 0.2) is 0 Å².